The van der Waals surface area contributed by atoms with Gasteiger partial charge in [0.15, 0.2) is 0 Å². The monoisotopic (exact) mass is 266 g/mol. The third kappa shape index (κ3) is 3.03. The van der Waals surface area contributed by atoms with Crippen molar-refractivity contribution in [1.29, 1.82) is 5.26 Å². The fourth-order valence-electron chi connectivity index (χ4n) is 1.54. The van der Waals surface area contributed by atoms with Gasteiger partial charge in [-0.2, -0.15) is 10.4 Å². The molecule has 6 heteroatoms. The Morgan fingerprint density at radius 3 is 2.45 bits per heavy atom. The minimum atomic E-state index is -0.554. The number of aryl methyl sites for hydroxylation is 1. The highest BCUT2D eigenvalue weighted by molar-refractivity contribution is 5.57. The second-order valence-electron chi connectivity index (χ2n) is 4.11. The number of nitriles is 1. The molecule has 6 nitrogen and oxygen atoms in total. The van der Waals surface area contributed by atoms with Gasteiger partial charge in [-0.05, 0) is 25.1 Å². The van der Waals surface area contributed by atoms with Gasteiger partial charge in [-0.25, -0.2) is 0 Å². The van der Waals surface area contributed by atoms with E-state index in [0.717, 1.165) is 5.56 Å². The molecule has 2 rings (SSSR count). The lowest BCUT2D eigenvalue weighted by molar-refractivity contribution is -0.384. The van der Waals surface area contributed by atoms with Crippen LogP contribution in [0.15, 0.2) is 52.7 Å². The number of nitro benzene ring substituents is 1. The molecule has 2 aromatic carbocycles. The molecule has 0 bridgehead atoms. The van der Waals surface area contributed by atoms with E-state index in [9.17, 15) is 10.1 Å². The SMILES string of the molecule is Cc1ccc(N=Nc2ccc([N+](=O)[O-])cc2C#N)cc1. The van der Waals surface area contributed by atoms with Gasteiger partial charge in [-0.15, -0.1) is 5.11 Å². The molecule has 0 saturated heterocycles. The molecule has 0 fully saturated rings. The van der Waals surface area contributed by atoms with Gasteiger partial charge in [0, 0.05) is 12.1 Å². The second kappa shape index (κ2) is 5.71. The molecule has 0 unspecified atom stereocenters. The topological polar surface area (TPSA) is 91.7 Å². The van der Waals surface area contributed by atoms with Crippen LogP contribution in [0.4, 0.5) is 17.1 Å². The third-order valence-electron chi connectivity index (χ3n) is 2.62. The number of nitro groups is 1. The summed E-state index contributed by atoms with van der Waals surface area (Å²) >= 11 is 0. The van der Waals surface area contributed by atoms with Crippen LogP contribution >= 0.6 is 0 Å². The Labute approximate surface area is 115 Å². The van der Waals surface area contributed by atoms with Crippen LogP contribution < -0.4 is 0 Å². The van der Waals surface area contributed by atoms with Crippen molar-refractivity contribution in [3.63, 3.8) is 0 Å². The van der Waals surface area contributed by atoms with E-state index in [1.165, 1.54) is 18.2 Å². The minimum absolute atomic E-state index is 0.120. The van der Waals surface area contributed by atoms with Crippen LogP contribution in [0, 0.1) is 28.4 Å². The zero-order chi connectivity index (χ0) is 14.5. The summed E-state index contributed by atoms with van der Waals surface area (Å²) in [6, 6.07) is 13.2. The summed E-state index contributed by atoms with van der Waals surface area (Å²) in [5, 5.41) is 27.6. The van der Waals surface area contributed by atoms with E-state index in [1.807, 2.05) is 25.1 Å². The highest BCUT2D eigenvalue weighted by atomic mass is 16.6. The van der Waals surface area contributed by atoms with Crippen LogP contribution in [0.1, 0.15) is 11.1 Å². The number of hydrogen-bond donors (Lipinski definition) is 0. The molecular weight excluding hydrogens is 256 g/mol. The molecule has 0 aliphatic carbocycles. The fraction of sp³-hybridized carbons (Fsp3) is 0.0714. The van der Waals surface area contributed by atoms with Gasteiger partial charge in [-0.3, -0.25) is 10.1 Å². The van der Waals surface area contributed by atoms with Gasteiger partial charge in [0.2, 0.25) is 0 Å². The van der Waals surface area contributed by atoms with E-state index >= 15 is 0 Å². The van der Waals surface area contributed by atoms with Gasteiger partial charge in [0.05, 0.1) is 16.2 Å². The van der Waals surface area contributed by atoms with Crippen molar-refractivity contribution in [2.45, 2.75) is 6.92 Å². The molecule has 0 N–H and O–H groups in total. The van der Waals surface area contributed by atoms with Crippen LogP contribution in [0.5, 0.6) is 0 Å². The molecule has 0 amide bonds. The summed E-state index contributed by atoms with van der Waals surface area (Å²) in [5.41, 5.74) is 2.04. The van der Waals surface area contributed by atoms with Crippen molar-refractivity contribution in [2.75, 3.05) is 0 Å². The van der Waals surface area contributed by atoms with Crippen LogP contribution in [-0.2, 0) is 0 Å². The van der Waals surface area contributed by atoms with Gasteiger partial charge >= 0.3 is 0 Å². The molecular formula is C14H10N4O2. The molecule has 20 heavy (non-hydrogen) atoms. The molecule has 0 heterocycles. The van der Waals surface area contributed by atoms with E-state index < -0.39 is 4.92 Å². The van der Waals surface area contributed by atoms with Crippen molar-refractivity contribution in [1.82, 2.24) is 0 Å². The second-order valence-corrected chi connectivity index (χ2v) is 4.11. The molecule has 0 aliphatic heterocycles. The Kier molecular flexibility index (Phi) is 3.82. The van der Waals surface area contributed by atoms with Crippen molar-refractivity contribution in [2.24, 2.45) is 10.2 Å². The highest BCUT2D eigenvalue weighted by Gasteiger charge is 2.10. The number of rotatable bonds is 3. The quantitative estimate of drug-likeness (QED) is 0.473. The van der Waals surface area contributed by atoms with Crippen molar-refractivity contribution in [3.05, 3.63) is 63.7 Å². The molecule has 0 saturated carbocycles. The van der Waals surface area contributed by atoms with Crippen LogP contribution in [0.25, 0.3) is 0 Å². The standard InChI is InChI=1S/C14H10N4O2/c1-10-2-4-12(5-3-10)16-17-14-7-6-13(18(19)20)8-11(14)9-15/h2-8H,1H3. The normalized spacial score (nSPS) is 10.4. The number of nitrogens with zero attached hydrogens (tertiary/aromatic N) is 4. The smallest absolute Gasteiger partial charge is 0.258 e. The molecule has 0 spiro atoms. The van der Waals surface area contributed by atoms with Crippen LogP contribution in [0.2, 0.25) is 0 Å². The summed E-state index contributed by atoms with van der Waals surface area (Å²) in [5.74, 6) is 0. The van der Waals surface area contributed by atoms with Crippen LogP contribution in [-0.4, -0.2) is 4.92 Å². The number of azo groups is 1. The van der Waals surface area contributed by atoms with Gasteiger partial charge in [-0.1, -0.05) is 17.7 Å². The molecule has 0 aromatic heterocycles. The Morgan fingerprint density at radius 1 is 1.15 bits per heavy atom. The Hall–Kier alpha value is -3.07. The van der Waals surface area contributed by atoms with Gasteiger partial charge in [0.25, 0.3) is 5.69 Å². The Balaban J connectivity index is 2.31. The third-order valence-corrected chi connectivity index (χ3v) is 2.62. The minimum Gasteiger partial charge on any atom is -0.258 e. The maximum Gasteiger partial charge on any atom is 0.270 e. The first-order valence-corrected chi connectivity index (χ1v) is 5.77. The number of non-ortho nitro benzene ring substituents is 1. The molecule has 98 valence electrons. The van der Waals surface area contributed by atoms with Gasteiger partial charge in [0.1, 0.15) is 11.8 Å². The van der Waals surface area contributed by atoms with E-state index in [1.54, 1.807) is 12.1 Å². The highest BCUT2D eigenvalue weighted by Crippen LogP contribution is 2.25. The predicted molar refractivity (Wildman–Crippen MR) is 73.2 cm³/mol. The van der Waals surface area contributed by atoms with Gasteiger partial charge < -0.3 is 0 Å². The molecule has 2 aromatic rings. The van der Waals surface area contributed by atoms with Crippen molar-refractivity contribution >= 4 is 17.1 Å². The van der Waals surface area contributed by atoms with Crippen molar-refractivity contribution in [3.8, 4) is 6.07 Å². The van der Waals surface area contributed by atoms with E-state index in [2.05, 4.69) is 10.2 Å². The number of benzene rings is 2. The summed E-state index contributed by atoms with van der Waals surface area (Å²) in [6.45, 7) is 1.96. The van der Waals surface area contributed by atoms with E-state index in [0.29, 0.717) is 11.4 Å². The lowest BCUT2D eigenvalue weighted by Gasteiger charge is -1.97. The maximum atomic E-state index is 10.6. The molecule has 0 radical (unpaired) electrons. The zero-order valence-corrected chi connectivity index (χ0v) is 10.6. The Morgan fingerprint density at radius 2 is 1.85 bits per heavy atom. The number of hydrogen-bond acceptors (Lipinski definition) is 5. The summed E-state index contributed by atoms with van der Waals surface area (Å²) in [4.78, 5) is 10.1. The molecule has 0 aliphatic rings. The predicted octanol–water partition coefficient (Wildman–Crippen LogP) is 4.19. The first-order chi connectivity index (χ1) is 9.60. The maximum absolute atomic E-state index is 10.6. The average molecular weight is 266 g/mol. The molecule has 0 atom stereocenters. The lowest BCUT2D eigenvalue weighted by atomic mass is 10.2. The lowest BCUT2D eigenvalue weighted by Crippen LogP contribution is -1.88. The average Bonchev–Trinajstić information content (AvgIpc) is 2.46. The summed E-state index contributed by atoms with van der Waals surface area (Å²) < 4.78 is 0. The van der Waals surface area contributed by atoms with E-state index in [4.69, 9.17) is 5.26 Å². The zero-order valence-electron chi connectivity index (χ0n) is 10.6. The fourth-order valence-corrected chi connectivity index (χ4v) is 1.54. The largest absolute Gasteiger partial charge is 0.270 e. The van der Waals surface area contributed by atoms with E-state index in [-0.39, 0.29) is 11.3 Å². The first kappa shape index (κ1) is 13.4. The Bertz CT molecular complexity index is 715. The summed E-state index contributed by atoms with van der Waals surface area (Å²) in [6.07, 6.45) is 0. The summed E-state index contributed by atoms with van der Waals surface area (Å²) in [7, 11) is 0. The first-order valence-electron chi connectivity index (χ1n) is 5.77. The van der Waals surface area contributed by atoms with Crippen molar-refractivity contribution < 1.29 is 4.92 Å². The van der Waals surface area contributed by atoms with Crippen LogP contribution in [0.3, 0.4) is 0 Å².